The number of benzene rings is 2. The van der Waals surface area contributed by atoms with Crippen molar-refractivity contribution < 1.29 is 14.0 Å². The van der Waals surface area contributed by atoms with E-state index in [1.165, 1.54) is 12.3 Å². The number of anilines is 1. The highest BCUT2D eigenvalue weighted by Gasteiger charge is 2.20. The summed E-state index contributed by atoms with van der Waals surface area (Å²) in [4.78, 5) is 34.1. The van der Waals surface area contributed by atoms with Crippen LogP contribution in [0.1, 0.15) is 44.8 Å². The van der Waals surface area contributed by atoms with Gasteiger partial charge in [-0.25, -0.2) is 14.4 Å². The Morgan fingerprint density at radius 3 is 2.86 bits per heavy atom. The van der Waals surface area contributed by atoms with Gasteiger partial charge < -0.3 is 21.7 Å². The van der Waals surface area contributed by atoms with Crippen LogP contribution in [0.25, 0.3) is 11.3 Å². The van der Waals surface area contributed by atoms with Crippen LogP contribution in [0.5, 0.6) is 0 Å². The number of halogens is 2. The van der Waals surface area contributed by atoms with Crippen molar-refractivity contribution in [2.24, 2.45) is 0 Å². The van der Waals surface area contributed by atoms with Gasteiger partial charge in [0.25, 0.3) is 11.8 Å². The van der Waals surface area contributed by atoms with Gasteiger partial charge >= 0.3 is 0 Å². The molecule has 2 heterocycles. The maximum atomic E-state index is 14.2. The summed E-state index contributed by atoms with van der Waals surface area (Å²) in [7, 11) is 0. The van der Waals surface area contributed by atoms with Crippen molar-refractivity contribution >= 4 is 29.2 Å². The molecule has 2 amide bonds. The zero-order valence-electron chi connectivity index (χ0n) is 19.2. The van der Waals surface area contributed by atoms with Crippen LogP contribution in [0.15, 0.2) is 42.6 Å². The smallest absolute Gasteiger partial charge is 0.274 e. The Hall–Kier alpha value is -3.56. The van der Waals surface area contributed by atoms with Crippen LogP contribution < -0.4 is 21.7 Å². The number of rotatable bonds is 6. The monoisotopic (exact) mass is 496 g/mol. The van der Waals surface area contributed by atoms with E-state index >= 15 is 0 Å². The van der Waals surface area contributed by atoms with Crippen molar-refractivity contribution in [2.75, 3.05) is 18.8 Å². The molecule has 0 saturated carbocycles. The van der Waals surface area contributed by atoms with Gasteiger partial charge in [0.15, 0.2) is 11.5 Å². The molecule has 0 bridgehead atoms. The summed E-state index contributed by atoms with van der Waals surface area (Å²) >= 11 is 6.19. The van der Waals surface area contributed by atoms with Crippen LogP contribution >= 0.6 is 11.6 Å². The number of nitrogens with one attached hydrogen (secondary N) is 3. The zero-order valence-corrected chi connectivity index (χ0v) is 20.0. The van der Waals surface area contributed by atoms with E-state index in [0.29, 0.717) is 23.4 Å². The van der Waals surface area contributed by atoms with Crippen LogP contribution in [-0.2, 0) is 6.54 Å². The number of piperidine rings is 1. The fraction of sp³-hybridized carbons (Fsp3) is 0.280. The SMILES string of the molecule is Cc1ccc(F)c(CNC(=O)c2cccc(-c3cnc(N)c(C(=O)NC4CCCNC4)n3)c2)c1Cl. The largest absolute Gasteiger partial charge is 0.382 e. The topological polar surface area (TPSA) is 122 Å². The summed E-state index contributed by atoms with van der Waals surface area (Å²) in [6.45, 7) is 3.33. The number of hydrogen-bond acceptors (Lipinski definition) is 6. The molecule has 2 aromatic carbocycles. The van der Waals surface area contributed by atoms with Crippen LogP contribution in [0.2, 0.25) is 5.02 Å². The predicted molar refractivity (Wildman–Crippen MR) is 133 cm³/mol. The minimum Gasteiger partial charge on any atom is -0.382 e. The Morgan fingerprint density at radius 1 is 1.26 bits per heavy atom. The molecule has 1 fully saturated rings. The Kier molecular flexibility index (Phi) is 7.57. The fourth-order valence-electron chi connectivity index (χ4n) is 3.90. The van der Waals surface area contributed by atoms with Gasteiger partial charge in [-0.15, -0.1) is 0 Å². The van der Waals surface area contributed by atoms with Gasteiger partial charge in [0.2, 0.25) is 0 Å². The van der Waals surface area contributed by atoms with Gasteiger partial charge in [0.1, 0.15) is 5.82 Å². The standard InChI is InChI=1S/C25H26ClFN6O2/c1-14-7-8-19(27)18(21(14)26)12-31-24(34)16-5-2-4-15(10-16)20-13-30-23(28)22(33-20)25(35)32-17-6-3-9-29-11-17/h2,4-5,7-8,10,13,17,29H,3,6,9,11-12H2,1H3,(H2,28,30)(H,31,34)(H,32,35). The molecule has 1 saturated heterocycles. The van der Waals surface area contributed by atoms with E-state index in [1.807, 2.05) is 0 Å². The number of nitrogens with two attached hydrogens (primary N) is 1. The molecule has 1 unspecified atom stereocenters. The molecule has 1 aliphatic rings. The third kappa shape index (κ3) is 5.75. The van der Waals surface area contributed by atoms with E-state index in [2.05, 4.69) is 25.9 Å². The van der Waals surface area contributed by atoms with Crippen molar-refractivity contribution in [1.29, 1.82) is 0 Å². The van der Waals surface area contributed by atoms with E-state index in [9.17, 15) is 14.0 Å². The third-order valence-corrected chi connectivity index (χ3v) is 6.40. The maximum absolute atomic E-state index is 14.2. The Labute approximate surface area is 207 Å². The third-order valence-electron chi connectivity index (χ3n) is 5.87. The lowest BCUT2D eigenvalue weighted by molar-refractivity contribution is 0.0923. The normalized spacial score (nSPS) is 15.5. The molecule has 0 aliphatic carbocycles. The van der Waals surface area contributed by atoms with Crippen molar-refractivity contribution in [2.45, 2.75) is 32.4 Å². The highest BCUT2D eigenvalue weighted by atomic mass is 35.5. The van der Waals surface area contributed by atoms with Gasteiger partial charge in [-0.1, -0.05) is 29.8 Å². The number of nitrogen functional groups attached to an aromatic ring is 1. The first-order valence-corrected chi connectivity index (χ1v) is 11.7. The highest BCUT2D eigenvalue weighted by molar-refractivity contribution is 6.32. The molecule has 35 heavy (non-hydrogen) atoms. The average Bonchev–Trinajstić information content (AvgIpc) is 2.87. The number of nitrogens with zero attached hydrogens (tertiary/aromatic N) is 2. The highest BCUT2D eigenvalue weighted by Crippen LogP contribution is 2.24. The van der Waals surface area contributed by atoms with Crippen molar-refractivity contribution in [3.05, 3.63) is 75.8 Å². The van der Waals surface area contributed by atoms with E-state index < -0.39 is 17.6 Å². The molecule has 1 aromatic heterocycles. The summed E-state index contributed by atoms with van der Waals surface area (Å²) in [6.07, 6.45) is 3.30. The predicted octanol–water partition coefficient (Wildman–Crippen LogP) is 3.24. The van der Waals surface area contributed by atoms with E-state index in [0.717, 1.165) is 24.9 Å². The van der Waals surface area contributed by atoms with Crippen LogP contribution in [0.4, 0.5) is 10.2 Å². The molecular formula is C25H26ClFN6O2. The summed E-state index contributed by atoms with van der Waals surface area (Å²) in [6, 6.07) is 9.59. The molecule has 5 N–H and O–H groups in total. The molecule has 182 valence electrons. The number of carbonyl (C=O) groups excluding carboxylic acids is 2. The molecule has 0 radical (unpaired) electrons. The zero-order chi connectivity index (χ0) is 24.9. The summed E-state index contributed by atoms with van der Waals surface area (Å²) in [5, 5.41) is 9.16. The summed E-state index contributed by atoms with van der Waals surface area (Å²) < 4.78 is 14.2. The summed E-state index contributed by atoms with van der Waals surface area (Å²) in [5.74, 6) is -1.26. The van der Waals surface area contributed by atoms with Gasteiger partial charge in [0, 0.05) is 35.8 Å². The molecule has 0 spiro atoms. The second-order valence-corrected chi connectivity index (χ2v) is 8.80. The second kappa shape index (κ2) is 10.8. The van der Waals surface area contributed by atoms with E-state index in [-0.39, 0.29) is 34.7 Å². The first-order chi connectivity index (χ1) is 16.8. The number of aryl methyl sites for hydroxylation is 1. The second-order valence-electron chi connectivity index (χ2n) is 8.43. The van der Waals surface area contributed by atoms with Gasteiger partial charge in [-0.3, -0.25) is 9.59 Å². The van der Waals surface area contributed by atoms with Crippen molar-refractivity contribution in [1.82, 2.24) is 25.9 Å². The molecular weight excluding hydrogens is 471 g/mol. The molecule has 10 heteroatoms. The number of hydrogen-bond donors (Lipinski definition) is 4. The lowest BCUT2D eigenvalue weighted by Crippen LogP contribution is -2.46. The molecule has 1 atom stereocenters. The van der Waals surface area contributed by atoms with Gasteiger partial charge in [-0.2, -0.15) is 0 Å². The summed E-state index contributed by atoms with van der Waals surface area (Å²) in [5.41, 5.74) is 8.23. The number of amides is 2. The molecule has 3 aromatic rings. The van der Waals surface area contributed by atoms with Crippen LogP contribution in [0, 0.1) is 12.7 Å². The maximum Gasteiger partial charge on any atom is 0.274 e. The van der Waals surface area contributed by atoms with Crippen molar-refractivity contribution in [3.8, 4) is 11.3 Å². The molecule has 4 rings (SSSR count). The number of aromatic nitrogens is 2. The van der Waals surface area contributed by atoms with Crippen molar-refractivity contribution in [3.63, 3.8) is 0 Å². The average molecular weight is 497 g/mol. The lowest BCUT2D eigenvalue weighted by atomic mass is 10.1. The van der Waals surface area contributed by atoms with Gasteiger partial charge in [-0.05, 0) is 50.1 Å². The Morgan fingerprint density at radius 2 is 2.09 bits per heavy atom. The fourth-order valence-corrected chi connectivity index (χ4v) is 4.12. The van der Waals surface area contributed by atoms with Crippen LogP contribution in [-0.4, -0.2) is 40.9 Å². The molecule has 8 nitrogen and oxygen atoms in total. The molecule has 1 aliphatic heterocycles. The van der Waals surface area contributed by atoms with E-state index in [4.69, 9.17) is 17.3 Å². The first-order valence-electron chi connectivity index (χ1n) is 11.3. The Bertz CT molecular complexity index is 1260. The number of carbonyl (C=O) groups is 2. The van der Waals surface area contributed by atoms with Gasteiger partial charge in [0.05, 0.1) is 16.9 Å². The quantitative estimate of drug-likeness (QED) is 0.415. The van der Waals surface area contributed by atoms with E-state index in [1.54, 1.807) is 37.3 Å². The van der Waals surface area contributed by atoms with Crippen LogP contribution in [0.3, 0.4) is 0 Å². The minimum absolute atomic E-state index is 0.000118. The lowest BCUT2D eigenvalue weighted by Gasteiger charge is -2.23. The first kappa shape index (κ1) is 24.6. The minimum atomic E-state index is -0.485. The Balaban J connectivity index is 1.50.